The topological polar surface area (TPSA) is 46.3 Å². The molecule has 1 aromatic carbocycles. The first-order valence-corrected chi connectivity index (χ1v) is 7.33. The number of nitrogens with zero attached hydrogens (tertiary/aromatic N) is 1. The second-order valence-corrected chi connectivity index (χ2v) is 5.74. The van der Waals surface area contributed by atoms with Crippen LogP contribution in [-0.4, -0.2) is 30.4 Å². The maximum atomic E-state index is 12.9. The zero-order valence-electron chi connectivity index (χ0n) is 12.0. The molecule has 2 rings (SSSR count). The Hall–Kier alpha value is -1.42. The maximum absolute atomic E-state index is 12.9. The minimum absolute atomic E-state index is 0.0800. The van der Waals surface area contributed by atoms with E-state index < -0.39 is 0 Å². The molecule has 1 aliphatic heterocycles. The number of halogens is 1. The second kappa shape index (κ2) is 6.84. The predicted molar refractivity (Wildman–Crippen MR) is 77.6 cm³/mol. The van der Waals surface area contributed by atoms with Gasteiger partial charge in [0.25, 0.3) is 0 Å². The average Bonchev–Trinajstić information content (AvgIpc) is 2.49. The van der Waals surface area contributed by atoms with Gasteiger partial charge in [-0.15, -0.1) is 0 Å². The molecular weight excluding hydrogens is 255 g/mol. The average molecular weight is 278 g/mol. The van der Waals surface area contributed by atoms with Crippen molar-refractivity contribution in [3.05, 3.63) is 35.6 Å². The highest BCUT2D eigenvalue weighted by Gasteiger charge is 2.25. The van der Waals surface area contributed by atoms with Gasteiger partial charge in [-0.05, 0) is 42.9 Å². The van der Waals surface area contributed by atoms with Gasteiger partial charge in [-0.3, -0.25) is 4.79 Å². The van der Waals surface area contributed by atoms with E-state index >= 15 is 0 Å². The number of amides is 1. The molecule has 4 heteroatoms. The van der Waals surface area contributed by atoms with E-state index in [1.54, 1.807) is 0 Å². The summed E-state index contributed by atoms with van der Waals surface area (Å²) in [5, 5.41) is 0. The molecule has 1 aromatic rings. The largest absolute Gasteiger partial charge is 0.342 e. The molecule has 3 nitrogen and oxygen atoms in total. The lowest BCUT2D eigenvalue weighted by atomic mass is 9.90. The SMILES string of the molecule is CC(CN)C(=O)N1CCC(Cc2ccc(F)cc2)CC1. The predicted octanol–water partition coefficient (Wildman–Crippen LogP) is 2.20. The summed E-state index contributed by atoms with van der Waals surface area (Å²) < 4.78 is 12.9. The Morgan fingerprint density at radius 2 is 1.95 bits per heavy atom. The number of likely N-dealkylation sites (tertiary alicyclic amines) is 1. The summed E-state index contributed by atoms with van der Waals surface area (Å²) in [6.07, 6.45) is 3.00. The first kappa shape index (κ1) is 15.0. The van der Waals surface area contributed by atoms with Crippen LogP contribution in [0.4, 0.5) is 4.39 Å². The summed E-state index contributed by atoms with van der Waals surface area (Å²) in [6, 6.07) is 6.72. The van der Waals surface area contributed by atoms with Crippen molar-refractivity contribution in [1.29, 1.82) is 0 Å². The molecule has 1 heterocycles. The van der Waals surface area contributed by atoms with Gasteiger partial charge >= 0.3 is 0 Å². The summed E-state index contributed by atoms with van der Waals surface area (Å²) in [7, 11) is 0. The van der Waals surface area contributed by atoms with Crippen molar-refractivity contribution in [2.75, 3.05) is 19.6 Å². The molecule has 0 aromatic heterocycles. The molecule has 1 fully saturated rings. The van der Waals surface area contributed by atoms with E-state index in [0.717, 1.165) is 32.4 Å². The zero-order chi connectivity index (χ0) is 14.5. The lowest BCUT2D eigenvalue weighted by molar-refractivity contribution is -0.136. The number of hydrogen-bond donors (Lipinski definition) is 1. The van der Waals surface area contributed by atoms with Gasteiger partial charge in [-0.1, -0.05) is 19.1 Å². The van der Waals surface area contributed by atoms with Crippen LogP contribution in [0.1, 0.15) is 25.3 Å². The fourth-order valence-electron chi connectivity index (χ4n) is 2.72. The fourth-order valence-corrected chi connectivity index (χ4v) is 2.72. The molecule has 1 atom stereocenters. The number of piperidine rings is 1. The van der Waals surface area contributed by atoms with E-state index in [2.05, 4.69) is 0 Å². The molecule has 0 saturated carbocycles. The van der Waals surface area contributed by atoms with E-state index in [9.17, 15) is 9.18 Å². The van der Waals surface area contributed by atoms with Crippen LogP contribution in [0.25, 0.3) is 0 Å². The second-order valence-electron chi connectivity index (χ2n) is 5.74. The van der Waals surface area contributed by atoms with Crippen LogP contribution >= 0.6 is 0 Å². The lowest BCUT2D eigenvalue weighted by Crippen LogP contribution is -2.43. The Kier molecular flexibility index (Phi) is 5.12. The third-order valence-corrected chi connectivity index (χ3v) is 4.14. The summed E-state index contributed by atoms with van der Waals surface area (Å²) >= 11 is 0. The molecule has 1 amide bonds. The Balaban J connectivity index is 1.82. The standard InChI is InChI=1S/C16H23FN2O/c1-12(11-18)16(20)19-8-6-14(7-9-19)10-13-2-4-15(17)5-3-13/h2-5,12,14H,6-11,18H2,1H3. The van der Waals surface area contributed by atoms with E-state index in [1.165, 1.54) is 17.7 Å². The Morgan fingerprint density at radius 3 is 2.50 bits per heavy atom. The lowest BCUT2D eigenvalue weighted by Gasteiger charge is -2.33. The molecule has 0 bridgehead atoms. The molecule has 0 aliphatic carbocycles. The highest BCUT2D eigenvalue weighted by molar-refractivity contribution is 5.78. The van der Waals surface area contributed by atoms with E-state index in [0.29, 0.717) is 12.5 Å². The Morgan fingerprint density at radius 1 is 1.35 bits per heavy atom. The molecule has 1 saturated heterocycles. The first-order chi connectivity index (χ1) is 9.60. The molecule has 0 radical (unpaired) electrons. The summed E-state index contributed by atoms with van der Waals surface area (Å²) in [6.45, 7) is 3.92. The van der Waals surface area contributed by atoms with Crippen LogP contribution in [0.2, 0.25) is 0 Å². The quantitative estimate of drug-likeness (QED) is 0.918. The third kappa shape index (κ3) is 3.79. The van der Waals surface area contributed by atoms with Gasteiger partial charge < -0.3 is 10.6 Å². The number of nitrogens with two attached hydrogens (primary N) is 1. The van der Waals surface area contributed by atoms with Gasteiger partial charge in [0.2, 0.25) is 5.91 Å². The highest BCUT2D eigenvalue weighted by Crippen LogP contribution is 2.22. The van der Waals surface area contributed by atoms with Gasteiger partial charge in [-0.25, -0.2) is 4.39 Å². The smallest absolute Gasteiger partial charge is 0.226 e. The third-order valence-electron chi connectivity index (χ3n) is 4.14. The normalized spacial score (nSPS) is 18.1. The Labute approximate surface area is 120 Å². The van der Waals surface area contributed by atoms with Crippen LogP contribution in [-0.2, 0) is 11.2 Å². The Bertz CT molecular complexity index is 438. The molecule has 1 aliphatic rings. The van der Waals surface area contributed by atoms with Crippen molar-refractivity contribution in [2.45, 2.75) is 26.2 Å². The van der Waals surface area contributed by atoms with Crippen molar-refractivity contribution in [2.24, 2.45) is 17.6 Å². The summed E-state index contributed by atoms with van der Waals surface area (Å²) in [5.41, 5.74) is 6.72. The summed E-state index contributed by atoms with van der Waals surface area (Å²) in [5.74, 6) is 0.485. The molecule has 20 heavy (non-hydrogen) atoms. The molecule has 110 valence electrons. The van der Waals surface area contributed by atoms with Gasteiger partial charge in [-0.2, -0.15) is 0 Å². The number of hydrogen-bond acceptors (Lipinski definition) is 2. The molecule has 1 unspecified atom stereocenters. The minimum atomic E-state index is -0.190. The van der Waals surface area contributed by atoms with Crippen LogP contribution in [0, 0.1) is 17.7 Å². The fraction of sp³-hybridized carbons (Fsp3) is 0.562. The van der Waals surface area contributed by atoms with Crippen LogP contribution in [0.3, 0.4) is 0 Å². The van der Waals surface area contributed by atoms with Crippen molar-refractivity contribution in [1.82, 2.24) is 4.90 Å². The highest BCUT2D eigenvalue weighted by atomic mass is 19.1. The maximum Gasteiger partial charge on any atom is 0.226 e. The van der Waals surface area contributed by atoms with Crippen LogP contribution in [0.15, 0.2) is 24.3 Å². The molecule has 2 N–H and O–H groups in total. The monoisotopic (exact) mass is 278 g/mol. The van der Waals surface area contributed by atoms with Crippen molar-refractivity contribution in [3.63, 3.8) is 0 Å². The van der Waals surface area contributed by atoms with E-state index in [4.69, 9.17) is 5.73 Å². The van der Waals surface area contributed by atoms with Crippen molar-refractivity contribution in [3.8, 4) is 0 Å². The minimum Gasteiger partial charge on any atom is -0.342 e. The van der Waals surface area contributed by atoms with E-state index in [1.807, 2.05) is 24.0 Å². The number of carbonyl (C=O) groups is 1. The first-order valence-electron chi connectivity index (χ1n) is 7.33. The van der Waals surface area contributed by atoms with E-state index in [-0.39, 0.29) is 17.6 Å². The van der Waals surface area contributed by atoms with Gasteiger partial charge in [0.1, 0.15) is 5.82 Å². The summed E-state index contributed by atoms with van der Waals surface area (Å²) in [4.78, 5) is 14.0. The van der Waals surface area contributed by atoms with Crippen molar-refractivity contribution < 1.29 is 9.18 Å². The van der Waals surface area contributed by atoms with Crippen LogP contribution < -0.4 is 5.73 Å². The van der Waals surface area contributed by atoms with Crippen LogP contribution in [0.5, 0.6) is 0 Å². The number of rotatable bonds is 4. The van der Waals surface area contributed by atoms with Crippen molar-refractivity contribution >= 4 is 5.91 Å². The van der Waals surface area contributed by atoms with Gasteiger partial charge in [0, 0.05) is 25.6 Å². The molecule has 0 spiro atoms. The number of carbonyl (C=O) groups excluding carboxylic acids is 1. The number of benzene rings is 1. The van der Waals surface area contributed by atoms with Gasteiger partial charge in [0.05, 0.1) is 0 Å². The van der Waals surface area contributed by atoms with Gasteiger partial charge in [0.15, 0.2) is 0 Å². The molecular formula is C16H23FN2O. The zero-order valence-corrected chi connectivity index (χ0v) is 12.0.